The minimum Gasteiger partial charge on any atom is -0.461 e. The van der Waals surface area contributed by atoms with Crippen LogP contribution in [-0.2, 0) is 16.1 Å². The molecule has 0 aliphatic heterocycles. The van der Waals surface area contributed by atoms with Gasteiger partial charge < -0.3 is 4.74 Å². The standard InChI is InChI=1S/C14H20O2S/c1-3-9-17-11-12(2)14(15)16-10-13-7-5-4-6-8-13/h4-8,12H,3,9-11H2,1-2H3. The van der Waals surface area contributed by atoms with Crippen molar-refractivity contribution in [2.24, 2.45) is 5.92 Å². The van der Waals surface area contributed by atoms with E-state index in [0.717, 1.165) is 23.5 Å². The van der Waals surface area contributed by atoms with Crippen molar-refractivity contribution < 1.29 is 9.53 Å². The van der Waals surface area contributed by atoms with E-state index in [1.165, 1.54) is 0 Å². The molecule has 0 aliphatic rings. The van der Waals surface area contributed by atoms with Crippen molar-refractivity contribution in [1.82, 2.24) is 0 Å². The van der Waals surface area contributed by atoms with Crippen molar-refractivity contribution in [2.45, 2.75) is 26.9 Å². The lowest BCUT2D eigenvalue weighted by atomic mass is 10.2. The molecule has 0 amide bonds. The molecule has 17 heavy (non-hydrogen) atoms. The highest BCUT2D eigenvalue weighted by atomic mass is 32.2. The average molecular weight is 252 g/mol. The third-order valence-electron chi connectivity index (χ3n) is 2.34. The van der Waals surface area contributed by atoms with E-state index < -0.39 is 0 Å². The zero-order valence-corrected chi connectivity index (χ0v) is 11.3. The van der Waals surface area contributed by atoms with Crippen LogP contribution in [0.2, 0.25) is 0 Å². The van der Waals surface area contributed by atoms with E-state index in [-0.39, 0.29) is 11.9 Å². The summed E-state index contributed by atoms with van der Waals surface area (Å²) in [5.41, 5.74) is 1.04. The molecule has 1 unspecified atom stereocenters. The van der Waals surface area contributed by atoms with Crippen LogP contribution in [0, 0.1) is 5.92 Å². The molecule has 0 aromatic heterocycles. The van der Waals surface area contributed by atoms with E-state index in [4.69, 9.17) is 4.74 Å². The first-order valence-electron chi connectivity index (χ1n) is 6.02. The fraction of sp³-hybridized carbons (Fsp3) is 0.500. The van der Waals surface area contributed by atoms with Gasteiger partial charge in [0.15, 0.2) is 0 Å². The molecule has 3 heteroatoms. The minimum absolute atomic E-state index is 0.0183. The van der Waals surface area contributed by atoms with Crippen molar-refractivity contribution in [3.63, 3.8) is 0 Å². The van der Waals surface area contributed by atoms with Crippen LogP contribution in [0.5, 0.6) is 0 Å². The number of carbonyl (C=O) groups is 1. The van der Waals surface area contributed by atoms with Gasteiger partial charge in [-0.2, -0.15) is 11.8 Å². The predicted octanol–water partition coefficient (Wildman–Crippen LogP) is 3.51. The first kappa shape index (κ1) is 14.1. The van der Waals surface area contributed by atoms with Gasteiger partial charge in [-0.1, -0.05) is 44.2 Å². The van der Waals surface area contributed by atoms with Crippen molar-refractivity contribution in [3.8, 4) is 0 Å². The molecular weight excluding hydrogens is 232 g/mol. The average Bonchev–Trinajstić information content (AvgIpc) is 2.37. The molecule has 0 heterocycles. The lowest BCUT2D eigenvalue weighted by molar-refractivity contribution is -0.148. The monoisotopic (exact) mass is 252 g/mol. The topological polar surface area (TPSA) is 26.3 Å². The Balaban J connectivity index is 2.24. The summed E-state index contributed by atoms with van der Waals surface area (Å²) < 4.78 is 5.27. The fourth-order valence-electron chi connectivity index (χ4n) is 1.34. The quantitative estimate of drug-likeness (QED) is 0.549. The Kier molecular flexibility index (Phi) is 6.78. The van der Waals surface area contributed by atoms with E-state index in [0.29, 0.717) is 6.61 Å². The summed E-state index contributed by atoms with van der Waals surface area (Å²) in [6, 6.07) is 9.77. The number of carbonyl (C=O) groups excluding carboxylic acids is 1. The highest BCUT2D eigenvalue weighted by molar-refractivity contribution is 7.99. The minimum atomic E-state index is -0.0996. The van der Waals surface area contributed by atoms with E-state index in [1.807, 2.05) is 49.0 Å². The van der Waals surface area contributed by atoms with Crippen molar-refractivity contribution in [1.29, 1.82) is 0 Å². The maximum atomic E-state index is 11.7. The zero-order chi connectivity index (χ0) is 12.5. The van der Waals surface area contributed by atoms with E-state index in [1.54, 1.807) is 0 Å². The summed E-state index contributed by atoms with van der Waals surface area (Å²) >= 11 is 1.81. The van der Waals surface area contributed by atoms with Gasteiger partial charge in [-0.15, -0.1) is 0 Å². The molecule has 0 spiro atoms. The van der Waals surface area contributed by atoms with Crippen LogP contribution < -0.4 is 0 Å². The van der Waals surface area contributed by atoms with Gasteiger partial charge >= 0.3 is 5.97 Å². The first-order chi connectivity index (χ1) is 8.24. The Morgan fingerprint density at radius 3 is 2.71 bits per heavy atom. The van der Waals surface area contributed by atoms with Crippen LogP contribution in [0.1, 0.15) is 25.8 Å². The third kappa shape index (κ3) is 5.78. The van der Waals surface area contributed by atoms with Gasteiger partial charge in [0.1, 0.15) is 6.61 Å². The normalized spacial score (nSPS) is 12.1. The largest absolute Gasteiger partial charge is 0.461 e. The van der Waals surface area contributed by atoms with Gasteiger partial charge in [-0.05, 0) is 17.7 Å². The molecule has 1 rings (SSSR count). The zero-order valence-electron chi connectivity index (χ0n) is 10.5. The predicted molar refractivity (Wildman–Crippen MR) is 73.0 cm³/mol. The Labute approximate surface area is 108 Å². The maximum absolute atomic E-state index is 11.7. The van der Waals surface area contributed by atoms with Crippen molar-refractivity contribution in [3.05, 3.63) is 35.9 Å². The molecule has 0 radical (unpaired) electrons. The summed E-state index contributed by atoms with van der Waals surface area (Å²) in [5.74, 6) is 1.84. The number of thioether (sulfide) groups is 1. The van der Waals surface area contributed by atoms with Gasteiger partial charge in [-0.3, -0.25) is 4.79 Å². The molecule has 2 nitrogen and oxygen atoms in total. The summed E-state index contributed by atoms with van der Waals surface area (Å²) in [6.45, 7) is 4.45. The van der Waals surface area contributed by atoms with Crippen LogP contribution in [-0.4, -0.2) is 17.5 Å². The molecule has 0 bridgehead atoms. The molecule has 0 N–H and O–H groups in total. The SMILES string of the molecule is CCCSCC(C)C(=O)OCc1ccccc1. The van der Waals surface area contributed by atoms with Crippen molar-refractivity contribution >= 4 is 17.7 Å². The summed E-state index contributed by atoms with van der Waals surface area (Å²) in [4.78, 5) is 11.7. The Morgan fingerprint density at radius 2 is 2.06 bits per heavy atom. The number of hydrogen-bond acceptors (Lipinski definition) is 3. The number of esters is 1. The van der Waals surface area contributed by atoms with Crippen LogP contribution in [0.4, 0.5) is 0 Å². The van der Waals surface area contributed by atoms with Crippen LogP contribution in [0.3, 0.4) is 0 Å². The Bertz CT molecular complexity index is 324. The molecule has 1 atom stereocenters. The fourth-order valence-corrected chi connectivity index (χ4v) is 2.29. The van der Waals surface area contributed by atoms with Crippen LogP contribution >= 0.6 is 11.8 Å². The highest BCUT2D eigenvalue weighted by Gasteiger charge is 2.14. The Morgan fingerprint density at radius 1 is 1.35 bits per heavy atom. The Hall–Kier alpha value is -0.960. The van der Waals surface area contributed by atoms with Crippen molar-refractivity contribution in [2.75, 3.05) is 11.5 Å². The smallest absolute Gasteiger partial charge is 0.309 e. The second-order valence-electron chi connectivity index (χ2n) is 4.07. The van der Waals surface area contributed by atoms with Gasteiger partial charge in [0.2, 0.25) is 0 Å². The van der Waals surface area contributed by atoms with Crippen LogP contribution in [0.15, 0.2) is 30.3 Å². The maximum Gasteiger partial charge on any atom is 0.309 e. The highest BCUT2D eigenvalue weighted by Crippen LogP contribution is 2.12. The first-order valence-corrected chi connectivity index (χ1v) is 7.17. The van der Waals surface area contributed by atoms with E-state index in [9.17, 15) is 4.79 Å². The lowest BCUT2D eigenvalue weighted by Gasteiger charge is -2.10. The molecule has 1 aromatic rings. The molecule has 0 saturated carbocycles. The molecule has 0 fully saturated rings. The number of benzene rings is 1. The lowest BCUT2D eigenvalue weighted by Crippen LogP contribution is -2.17. The van der Waals surface area contributed by atoms with E-state index in [2.05, 4.69) is 6.92 Å². The number of ether oxygens (including phenoxy) is 1. The van der Waals surface area contributed by atoms with E-state index >= 15 is 0 Å². The second-order valence-corrected chi connectivity index (χ2v) is 5.22. The third-order valence-corrected chi connectivity index (χ3v) is 3.78. The molecule has 1 aromatic carbocycles. The molecule has 0 saturated heterocycles. The van der Waals surface area contributed by atoms with Gasteiger partial charge in [0.05, 0.1) is 5.92 Å². The van der Waals surface area contributed by atoms with Gasteiger partial charge in [0, 0.05) is 5.75 Å². The molecule has 0 aliphatic carbocycles. The molecular formula is C14H20O2S. The van der Waals surface area contributed by atoms with Gasteiger partial charge in [-0.25, -0.2) is 0 Å². The van der Waals surface area contributed by atoms with Gasteiger partial charge in [0.25, 0.3) is 0 Å². The number of rotatable bonds is 7. The second kappa shape index (κ2) is 8.18. The van der Waals surface area contributed by atoms with Crippen LogP contribution in [0.25, 0.3) is 0 Å². The molecule has 94 valence electrons. The number of hydrogen-bond donors (Lipinski definition) is 0. The summed E-state index contributed by atoms with van der Waals surface area (Å²) in [7, 11) is 0. The summed E-state index contributed by atoms with van der Waals surface area (Å²) in [5, 5.41) is 0. The summed E-state index contributed by atoms with van der Waals surface area (Å²) in [6.07, 6.45) is 1.15.